The van der Waals surface area contributed by atoms with E-state index in [0.717, 1.165) is 33.8 Å². The van der Waals surface area contributed by atoms with Crippen LogP contribution in [0.5, 0.6) is 11.5 Å². The summed E-state index contributed by atoms with van der Waals surface area (Å²) >= 11 is 0. The zero-order chi connectivity index (χ0) is 17.1. The lowest BCUT2D eigenvalue weighted by molar-refractivity contribution is 0.304. The van der Waals surface area contributed by atoms with Crippen LogP contribution < -0.4 is 9.47 Å². The van der Waals surface area contributed by atoms with E-state index in [0.29, 0.717) is 6.61 Å². The van der Waals surface area contributed by atoms with Crippen LogP contribution in [0.25, 0.3) is 16.6 Å². The quantitative estimate of drug-likeness (QED) is 0.560. The van der Waals surface area contributed by atoms with Crippen LogP contribution in [0, 0.1) is 0 Å². The molecule has 0 radical (unpaired) electrons. The molecule has 2 aromatic heterocycles. The molecule has 0 aliphatic heterocycles. The first-order valence-electron chi connectivity index (χ1n) is 7.86. The van der Waals surface area contributed by atoms with Crippen molar-refractivity contribution in [2.24, 2.45) is 0 Å². The maximum atomic E-state index is 5.89. The summed E-state index contributed by atoms with van der Waals surface area (Å²) in [5.74, 6) is 1.54. The van der Waals surface area contributed by atoms with Gasteiger partial charge in [-0.25, -0.2) is 4.68 Å². The van der Waals surface area contributed by atoms with Crippen molar-refractivity contribution in [1.29, 1.82) is 0 Å². The zero-order valence-corrected chi connectivity index (χ0v) is 13.7. The number of aromatic nitrogens is 4. The molecule has 124 valence electrons. The summed E-state index contributed by atoms with van der Waals surface area (Å²) < 4.78 is 12.8. The zero-order valence-electron chi connectivity index (χ0n) is 13.7. The third kappa shape index (κ3) is 3.14. The van der Waals surface area contributed by atoms with Gasteiger partial charge in [0.2, 0.25) is 0 Å². The number of pyridine rings is 1. The highest BCUT2D eigenvalue weighted by Crippen LogP contribution is 2.23. The van der Waals surface area contributed by atoms with E-state index in [4.69, 9.17) is 9.47 Å². The van der Waals surface area contributed by atoms with Crippen molar-refractivity contribution in [2.45, 2.75) is 6.61 Å². The molecule has 0 bridgehead atoms. The summed E-state index contributed by atoms with van der Waals surface area (Å²) in [6.07, 6.45) is 3.61. The molecule has 0 amide bonds. The topological polar surface area (TPSA) is 62.1 Å². The molecule has 0 fully saturated rings. The first-order valence-corrected chi connectivity index (χ1v) is 7.86. The highest BCUT2D eigenvalue weighted by molar-refractivity contribution is 5.84. The first kappa shape index (κ1) is 15.1. The van der Waals surface area contributed by atoms with Gasteiger partial charge < -0.3 is 9.47 Å². The summed E-state index contributed by atoms with van der Waals surface area (Å²) in [4.78, 5) is 4.38. The van der Waals surface area contributed by atoms with Gasteiger partial charge in [0, 0.05) is 11.6 Å². The molecule has 6 nitrogen and oxygen atoms in total. The lowest BCUT2D eigenvalue weighted by Crippen LogP contribution is -1.97. The largest absolute Gasteiger partial charge is 0.497 e. The van der Waals surface area contributed by atoms with Crippen molar-refractivity contribution >= 4 is 10.9 Å². The first-order chi connectivity index (χ1) is 12.3. The lowest BCUT2D eigenvalue weighted by atomic mass is 10.2. The Morgan fingerprint density at radius 3 is 2.68 bits per heavy atom. The predicted octanol–water partition coefficient (Wildman–Crippen LogP) is 3.40. The van der Waals surface area contributed by atoms with Gasteiger partial charge in [-0.3, -0.25) is 4.98 Å². The molecule has 2 heterocycles. The van der Waals surface area contributed by atoms with Gasteiger partial charge in [-0.1, -0.05) is 23.4 Å². The molecule has 2 aromatic carbocycles. The third-order valence-corrected chi connectivity index (χ3v) is 3.85. The smallest absolute Gasteiger partial charge is 0.146 e. The second kappa shape index (κ2) is 6.60. The van der Waals surface area contributed by atoms with Gasteiger partial charge in [0.05, 0.1) is 19.0 Å². The predicted molar refractivity (Wildman–Crippen MR) is 94.0 cm³/mol. The van der Waals surface area contributed by atoms with Crippen LogP contribution in [0.1, 0.15) is 5.69 Å². The normalized spacial score (nSPS) is 10.8. The van der Waals surface area contributed by atoms with Crippen LogP contribution in [-0.2, 0) is 6.61 Å². The standard InChI is InChI=1S/C19H16N4O2/c1-24-17-9-7-16(8-10-17)23-12-15(21-22-23)13-25-18-6-2-4-14-5-3-11-20-19(14)18/h2-12H,13H2,1H3. The van der Waals surface area contributed by atoms with Crippen molar-refractivity contribution in [1.82, 2.24) is 20.0 Å². The Morgan fingerprint density at radius 1 is 1.00 bits per heavy atom. The molecule has 0 N–H and O–H groups in total. The van der Waals surface area contributed by atoms with Crippen molar-refractivity contribution in [3.63, 3.8) is 0 Å². The number of ether oxygens (including phenoxy) is 2. The Hall–Kier alpha value is -3.41. The highest BCUT2D eigenvalue weighted by atomic mass is 16.5. The number of para-hydroxylation sites is 1. The van der Waals surface area contributed by atoms with Gasteiger partial charge in [0.15, 0.2) is 0 Å². The van der Waals surface area contributed by atoms with Crippen molar-refractivity contribution in [3.05, 3.63) is 72.7 Å². The van der Waals surface area contributed by atoms with E-state index in [-0.39, 0.29) is 0 Å². The van der Waals surface area contributed by atoms with Crippen LogP contribution in [-0.4, -0.2) is 27.1 Å². The van der Waals surface area contributed by atoms with E-state index in [9.17, 15) is 0 Å². The minimum Gasteiger partial charge on any atom is -0.497 e. The molecule has 0 unspecified atom stereocenters. The van der Waals surface area contributed by atoms with Crippen LogP contribution in [0.4, 0.5) is 0 Å². The minimum atomic E-state index is 0.325. The number of hydrogen-bond acceptors (Lipinski definition) is 5. The van der Waals surface area contributed by atoms with Crippen molar-refractivity contribution in [3.8, 4) is 17.2 Å². The SMILES string of the molecule is COc1ccc(-n2cc(COc3cccc4cccnc34)nn2)cc1. The Morgan fingerprint density at radius 2 is 1.84 bits per heavy atom. The van der Waals surface area contributed by atoms with Gasteiger partial charge in [-0.15, -0.1) is 5.10 Å². The number of methoxy groups -OCH3 is 1. The molecule has 4 rings (SSSR count). The monoisotopic (exact) mass is 332 g/mol. The van der Waals surface area contributed by atoms with E-state index in [1.165, 1.54) is 0 Å². The van der Waals surface area contributed by atoms with Gasteiger partial charge >= 0.3 is 0 Å². The average Bonchev–Trinajstić information content (AvgIpc) is 3.15. The Balaban J connectivity index is 1.51. The molecule has 0 atom stereocenters. The molecule has 0 aliphatic carbocycles. The molecular weight excluding hydrogens is 316 g/mol. The van der Waals surface area contributed by atoms with Crippen LogP contribution >= 0.6 is 0 Å². The molecule has 0 saturated carbocycles. The summed E-state index contributed by atoms with van der Waals surface area (Å²) in [6, 6.07) is 17.4. The fourth-order valence-corrected chi connectivity index (χ4v) is 2.57. The number of hydrogen-bond donors (Lipinski definition) is 0. The Kier molecular flexibility index (Phi) is 4.00. The second-order valence-corrected chi connectivity index (χ2v) is 5.47. The van der Waals surface area contributed by atoms with Crippen LogP contribution in [0.3, 0.4) is 0 Å². The molecule has 0 saturated heterocycles. The number of benzene rings is 2. The second-order valence-electron chi connectivity index (χ2n) is 5.47. The molecular formula is C19H16N4O2. The van der Waals surface area contributed by atoms with Gasteiger partial charge in [0.1, 0.15) is 29.3 Å². The van der Waals surface area contributed by atoms with E-state index in [1.807, 2.05) is 60.8 Å². The van der Waals surface area contributed by atoms with Crippen LogP contribution in [0.2, 0.25) is 0 Å². The summed E-state index contributed by atoms with van der Waals surface area (Å²) in [5.41, 5.74) is 2.49. The van der Waals surface area contributed by atoms with Crippen molar-refractivity contribution < 1.29 is 9.47 Å². The number of nitrogens with zero attached hydrogens (tertiary/aromatic N) is 4. The van der Waals surface area contributed by atoms with Gasteiger partial charge in [-0.2, -0.15) is 0 Å². The van der Waals surface area contributed by atoms with Crippen LogP contribution in [0.15, 0.2) is 67.0 Å². The molecule has 0 spiro atoms. The van der Waals surface area contributed by atoms with Crippen molar-refractivity contribution in [2.75, 3.05) is 7.11 Å². The number of rotatable bonds is 5. The average molecular weight is 332 g/mol. The lowest BCUT2D eigenvalue weighted by Gasteiger charge is -2.06. The Labute approximate surface area is 144 Å². The fourth-order valence-electron chi connectivity index (χ4n) is 2.57. The number of fused-ring (bicyclic) bond motifs is 1. The maximum absolute atomic E-state index is 5.89. The summed E-state index contributed by atoms with van der Waals surface area (Å²) in [6.45, 7) is 0.325. The third-order valence-electron chi connectivity index (χ3n) is 3.85. The fraction of sp³-hybridized carbons (Fsp3) is 0.105. The van der Waals surface area contributed by atoms with E-state index >= 15 is 0 Å². The van der Waals surface area contributed by atoms with E-state index < -0.39 is 0 Å². The highest BCUT2D eigenvalue weighted by Gasteiger charge is 2.07. The van der Waals surface area contributed by atoms with Gasteiger partial charge in [0.25, 0.3) is 0 Å². The molecule has 4 aromatic rings. The molecule has 0 aliphatic rings. The summed E-state index contributed by atoms with van der Waals surface area (Å²) in [5, 5.41) is 9.36. The minimum absolute atomic E-state index is 0.325. The molecule has 6 heteroatoms. The molecule has 25 heavy (non-hydrogen) atoms. The van der Waals surface area contributed by atoms with Gasteiger partial charge in [-0.05, 0) is 36.4 Å². The maximum Gasteiger partial charge on any atom is 0.146 e. The summed E-state index contributed by atoms with van der Waals surface area (Å²) in [7, 11) is 1.64. The van der Waals surface area contributed by atoms with E-state index in [1.54, 1.807) is 18.0 Å². The van der Waals surface area contributed by atoms with E-state index in [2.05, 4.69) is 15.3 Å². The Bertz CT molecular complexity index is 990.